The van der Waals surface area contributed by atoms with E-state index in [9.17, 15) is 0 Å². The molecular formula is C34H47O3P. The zero-order chi connectivity index (χ0) is 28.6. The average molecular weight is 535 g/mol. The second-order valence-electron chi connectivity index (χ2n) is 13.7. The third-order valence-corrected chi connectivity index (χ3v) is 7.66. The van der Waals surface area contributed by atoms with Crippen molar-refractivity contribution in [2.45, 2.75) is 106 Å². The van der Waals surface area contributed by atoms with Crippen molar-refractivity contribution in [2.24, 2.45) is 0 Å². The normalized spacial score (nSPS) is 12.6. The van der Waals surface area contributed by atoms with Crippen LogP contribution in [0.4, 0.5) is 0 Å². The van der Waals surface area contributed by atoms with Crippen molar-refractivity contribution in [1.82, 2.24) is 0 Å². The molecule has 0 aromatic heterocycles. The van der Waals surface area contributed by atoms with Gasteiger partial charge >= 0.3 is 8.60 Å². The molecule has 0 saturated carbocycles. The smallest absolute Gasteiger partial charge is 0.408 e. The number of hydrogen-bond acceptors (Lipinski definition) is 3. The summed E-state index contributed by atoms with van der Waals surface area (Å²) in [7, 11) is -1.83. The van der Waals surface area contributed by atoms with Gasteiger partial charge in [0.15, 0.2) is 0 Å². The van der Waals surface area contributed by atoms with Gasteiger partial charge in [-0.1, -0.05) is 116 Å². The molecule has 0 atom stereocenters. The molecule has 38 heavy (non-hydrogen) atoms. The van der Waals surface area contributed by atoms with E-state index in [-0.39, 0.29) is 16.2 Å². The number of aryl methyl sites for hydroxylation is 4. The first-order valence-electron chi connectivity index (χ1n) is 13.5. The molecule has 0 unspecified atom stereocenters. The van der Waals surface area contributed by atoms with Gasteiger partial charge in [0.05, 0.1) is 0 Å². The lowest BCUT2D eigenvalue weighted by Gasteiger charge is -2.30. The van der Waals surface area contributed by atoms with Crippen molar-refractivity contribution in [3.05, 3.63) is 87.5 Å². The van der Waals surface area contributed by atoms with Crippen LogP contribution in [0.15, 0.2) is 48.5 Å². The highest BCUT2D eigenvalue weighted by molar-refractivity contribution is 7.43. The van der Waals surface area contributed by atoms with Crippen molar-refractivity contribution in [3.63, 3.8) is 0 Å². The molecular weight excluding hydrogens is 487 g/mol. The summed E-state index contributed by atoms with van der Waals surface area (Å²) >= 11 is 0. The van der Waals surface area contributed by atoms with Crippen LogP contribution in [0.2, 0.25) is 0 Å². The van der Waals surface area contributed by atoms with Gasteiger partial charge in [-0.3, -0.25) is 0 Å². The Balaban J connectivity index is 2.19. The largest absolute Gasteiger partial charge is 0.530 e. The van der Waals surface area contributed by atoms with Crippen LogP contribution >= 0.6 is 8.60 Å². The monoisotopic (exact) mass is 534 g/mol. The predicted molar refractivity (Wildman–Crippen MR) is 163 cm³/mol. The van der Waals surface area contributed by atoms with E-state index in [2.05, 4.69) is 126 Å². The highest BCUT2D eigenvalue weighted by Gasteiger charge is 2.31. The number of benzene rings is 3. The Morgan fingerprint density at radius 3 is 1.29 bits per heavy atom. The van der Waals surface area contributed by atoms with E-state index in [4.69, 9.17) is 13.6 Å². The minimum atomic E-state index is -1.83. The van der Waals surface area contributed by atoms with E-state index in [1.165, 1.54) is 11.1 Å². The van der Waals surface area contributed by atoms with E-state index in [0.717, 1.165) is 45.1 Å². The van der Waals surface area contributed by atoms with Gasteiger partial charge in [-0.25, -0.2) is 0 Å². The molecule has 0 aliphatic carbocycles. The SMILES string of the molecule is Cc1cc(C)c(OP(Oc2ccccc2C(C)(C)C)Oc2c(C)cc(C)cc2C(C)(C)C)c(C(C)(C)C)c1. The molecule has 0 aliphatic rings. The summed E-state index contributed by atoms with van der Waals surface area (Å²) in [5, 5.41) is 0. The first-order valence-corrected chi connectivity index (χ1v) is 14.6. The van der Waals surface area contributed by atoms with Gasteiger partial charge in [0.2, 0.25) is 0 Å². The lowest BCUT2D eigenvalue weighted by atomic mass is 9.84. The first-order chi connectivity index (χ1) is 17.4. The van der Waals surface area contributed by atoms with Crippen molar-refractivity contribution < 1.29 is 13.6 Å². The van der Waals surface area contributed by atoms with Crippen LogP contribution in [0.25, 0.3) is 0 Å². The molecule has 0 amide bonds. The van der Waals surface area contributed by atoms with Crippen LogP contribution in [0.3, 0.4) is 0 Å². The molecule has 4 heteroatoms. The molecule has 0 fully saturated rings. The minimum Gasteiger partial charge on any atom is -0.408 e. The molecule has 0 bridgehead atoms. The van der Waals surface area contributed by atoms with E-state index in [1.54, 1.807) is 0 Å². The second-order valence-corrected chi connectivity index (χ2v) is 14.7. The van der Waals surface area contributed by atoms with Crippen LogP contribution in [-0.4, -0.2) is 0 Å². The van der Waals surface area contributed by atoms with Gasteiger partial charge in [0.1, 0.15) is 17.2 Å². The van der Waals surface area contributed by atoms with E-state index in [1.807, 2.05) is 12.1 Å². The lowest BCUT2D eigenvalue weighted by molar-refractivity contribution is 0.370. The Kier molecular flexibility index (Phi) is 8.64. The molecule has 0 radical (unpaired) electrons. The maximum atomic E-state index is 6.81. The summed E-state index contributed by atoms with van der Waals surface area (Å²) in [5.74, 6) is 2.46. The maximum Gasteiger partial charge on any atom is 0.530 e. The Bertz CT molecular complexity index is 1220. The topological polar surface area (TPSA) is 27.7 Å². The molecule has 0 N–H and O–H groups in total. The number of hydrogen-bond donors (Lipinski definition) is 0. The summed E-state index contributed by atoms with van der Waals surface area (Å²) in [6, 6.07) is 17.0. The van der Waals surface area contributed by atoms with Crippen LogP contribution in [-0.2, 0) is 16.2 Å². The molecule has 3 aromatic carbocycles. The molecule has 206 valence electrons. The fourth-order valence-corrected chi connectivity index (χ4v) is 5.93. The molecule has 0 aliphatic heterocycles. The van der Waals surface area contributed by atoms with Crippen LogP contribution in [0.1, 0.15) is 101 Å². The predicted octanol–water partition coefficient (Wildman–Crippen LogP) is 10.6. The van der Waals surface area contributed by atoms with Crippen molar-refractivity contribution >= 4 is 8.60 Å². The van der Waals surface area contributed by atoms with Gasteiger partial charge in [0.25, 0.3) is 0 Å². The first kappa shape index (κ1) is 30.0. The van der Waals surface area contributed by atoms with Gasteiger partial charge in [0, 0.05) is 16.7 Å². The van der Waals surface area contributed by atoms with Gasteiger partial charge in [-0.15, -0.1) is 0 Å². The van der Waals surface area contributed by atoms with Gasteiger partial charge in [-0.2, -0.15) is 0 Å². The molecule has 0 spiro atoms. The summed E-state index contributed by atoms with van der Waals surface area (Å²) in [5.41, 5.74) is 7.70. The second kappa shape index (κ2) is 10.9. The third kappa shape index (κ3) is 7.11. The van der Waals surface area contributed by atoms with Crippen LogP contribution in [0, 0.1) is 27.7 Å². The average Bonchev–Trinajstić information content (AvgIpc) is 2.75. The zero-order valence-electron chi connectivity index (χ0n) is 25.8. The van der Waals surface area contributed by atoms with Gasteiger partial charge in [-0.05, 0) is 61.1 Å². The highest BCUT2D eigenvalue weighted by atomic mass is 31.2. The van der Waals surface area contributed by atoms with Gasteiger partial charge < -0.3 is 13.6 Å². The standard InChI is InChI=1S/C34H47O3P/c1-22-18-24(3)30(27(20-22)33(8,9)10)36-38(35-29-17-15-14-16-26(29)32(5,6)7)37-31-25(4)19-23(2)21-28(31)34(11,12)13/h14-21H,1-13H3. The fourth-order valence-electron chi connectivity index (χ4n) is 4.72. The summed E-state index contributed by atoms with van der Waals surface area (Å²) in [6.07, 6.45) is 0. The molecule has 3 aromatic rings. The van der Waals surface area contributed by atoms with E-state index in [0.29, 0.717) is 0 Å². The molecule has 0 saturated heterocycles. The van der Waals surface area contributed by atoms with E-state index >= 15 is 0 Å². The Morgan fingerprint density at radius 1 is 0.500 bits per heavy atom. The lowest BCUT2D eigenvalue weighted by Crippen LogP contribution is -2.18. The molecule has 3 nitrogen and oxygen atoms in total. The van der Waals surface area contributed by atoms with Crippen molar-refractivity contribution in [2.75, 3.05) is 0 Å². The minimum absolute atomic E-state index is 0.0930. The van der Waals surface area contributed by atoms with Crippen molar-refractivity contribution in [1.29, 1.82) is 0 Å². The van der Waals surface area contributed by atoms with Crippen molar-refractivity contribution in [3.8, 4) is 17.2 Å². The highest BCUT2D eigenvalue weighted by Crippen LogP contribution is 2.50. The molecule has 0 heterocycles. The Hall–Kier alpha value is -2.51. The maximum absolute atomic E-state index is 6.81. The summed E-state index contributed by atoms with van der Waals surface area (Å²) in [6.45, 7) is 28.4. The number of para-hydroxylation sites is 1. The number of rotatable bonds is 6. The summed E-state index contributed by atoms with van der Waals surface area (Å²) < 4.78 is 20.3. The zero-order valence-corrected chi connectivity index (χ0v) is 26.7. The van der Waals surface area contributed by atoms with E-state index < -0.39 is 8.60 Å². The third-order valence-electron chi connectivity index (χ3n) is 6.65. The fraction of sp³-hybridized carbons (Fsp3) is 0.471. The van der Waals surface area contributed by atoms with Crippen LogP contribution < -0.4 is 13.6 Å². The van der Waals surface area contributed by atoms with Crippen LogP contribution in [0.5, 0.6) is 17.2 Å². The molecule has 3 rings (SSSR count). The quantitative estimate of drug-likeness (QED) is 0.294. The Morgan fingerprint density at radius 2 is 0.895 bits per heavy atom. The Labute approximate surface area is 232 Å². The summed E-state index contributed by atoms with van der Waals surface area (Å²) in [4.78, 5) is 0.